The summed E-state index contributed by atoms with van der Waals surface area (Å²) in [7, 11) is 2.08. The maximum atomic E-state index is 13.6. The van der Waals surface area contributed by atoms with Gasteiger partial charge in [0.05, 0.1) is 12.1 Å². The van der Waals surface area contributed by atoms with Gasteiger partial charge < -0.3 is 24.6 Å². The number of fused-ring (bicyclic) bond motifs is 1. The molecule has 3 heterocycles. The summed E-state index contributed by atoms with van der Waals surface area (Å²) in [5, 5.41) is 10.7. The number of likely N-dealkylation sites (tertiary alicyclic amines) is 1. The van der Waals surface area contributed by atoms with Gasteiger partial charge in [0, 0.05) is 22.7 Å². The molecule has 1 amide bonds. The normalized spacial score (nSPS) is 15.2. The van der Waals surface area contributed by atoms with Crippen LogP contribution in [0.3, 0.4) is 0 Å². The summed E-state index contributed by atoms with van der Waals surface area (Å²) in [6, 6.07) is 15.8. The summed E-state index contributed by atoms with van der Waals surface area (Å²) in [5.74, 6) is -0.204. The first kappa shape index (κ1) is 24.8. The summed E-state index contributed by atoms with van der Waals surface area (Å²) in [6.45, 7) is 0.685. The number of aromatic nitrogens is 3. The van der Waals surface area contributed by atoms with Crippen LogP contribution < -0.4 is 10.6 Å². The van der Waals surface area contributed by atoms with Crippen LogP contribution in [0.1, 0.15) is 29.0 Å². The van der Waals surface area contributed by atoms with Crippen molar-refractivity contribution in [3.63, 3.8) is 0 Å². The molecule has 0 radical (unpaired) electrons. The highest BCUT2D eigenvalue weighted by Crippen LogP contribution is 2.35. The van der Waals surface area contributed by atoms with E-state index in [2.05, 4.69) is 32.7 Å². The zero-order chi connectivity index (χ0) is 26.0. The van der Waals surface area contributed by atoms with Gasteiger partial charge in [-0.3, -0.25) is 4.79 Å². The molecule has 0 saturated carbocycles. The van der Waals surface area contributed by atoms with Crippen molar-refractivity contribution in [1.29, 1.82) is 0 Å². The highest BCUT2D eigenvalue weighted by molar-refractivity contribution is 5.96. The highest BCUT2D eigenvalue weighted by Gasteiger charge is 2.31. The van der Waals surface area contributed by atoms with E-state index in [4.69, 9.17) is 4.52 Å². The molecule has 37 heavy (non-hydrogen) atoms. The van der Waals surface area contributed by atoms with Crippen molar-refractivity contribution in [2.24, 2.45) is 0 Å². The smallest absolute Gasteiger partial charge is 0.382 e. The van der Waals surface area contributed by atoms with Gasteiger partial charge in [-0.15, -0.1) is 0 Å². The minimum absolute atomic E-state index is 0.0281. The molecule has 0 unspecified atom stereocenters. The molecule has 1 aliphatic rings. The standard InChI is InChI=1S/C26H27F3N6O2/c1-34-12-10-18(11-13-34)31-20-8-5-9-21-19(20)14-22(35(21)16-26(27,28)29)25-32-23(33-37-25)15-30-24(36)17-6-3-2-4-7-17/h2-9,14,18,31H,10-13,15-16H2,1H3,(H,30,36). The molecule has 1 fully saturated rings. The molecule has 11 heteroatoms. The average Bonchev–Trinajstić information content (AvgIpc) is 3.49. The van der Waals surface area contributed by atoms with Crippen LogP contribution in [0.15, 0.2) is 59.1 Å². The topological polar surface area (TPSA) is 88.2 Å². The number of nitrogens with zero attached hydrogens (tertiary/aromatic N) is 4. The van der Waals surface area contributed by atoms with Crippen LogP contribution in [0.4, 0.5) is 18.9 Å². The van der Waals surface area contributed by atoms with Crippen molar-refractivity contribution in [3.8, 4) is 11.6 Å². The molecule has 4 aromatic rings. The van der Waals surface area contributed by atoms with E-state index >= 15 is 0 Å². The maximum absolute atomic E-state index is 13.6. The quantitative estimate of drug-likeness (QED) is 0.374. The Morgan fingerprint density at radius 2 is 1.86 bits per heavy atom. The Kier molecular flexibility index (Phi) is 6.88. The molecular weight excluding hydrogens is 485 g/mol. The molecule has 1 saturated heterocycles. The number of hydrogen-bond donors (Lipinski definition) is 2. The molecule has 0 atom stereocenters. The van der Waals surface area contributed by atoms with Gasteiger partial charge in [0.1, 0.15) is 12.2 Å². The minimum atomic E-state index is -4.45. The summed E-state index contributed by atoms with van der Waals surface area (Å²) in [5.41, 5.74) is 1.82. The highest BCUT2D eigenvalue weighted by atomic mass is 19.4. The van der Waals surface area contributed by atoms with E-state index in [1.165, 1.54) is 0 Å². The molecule has 8 nitrogen and oxygen atoms in total. The monoisotopic (exact) mass is 512 g/mol. The molecule has 0 bridgehead atoms. The fourth-order valence-electron chi connectivity index (χ4n) is 4.59. The van der Waals surface area contributed by atoms with Crippen LogP contribution in [0.2, 0.25) is 0 Å². The fourth-order valence-corrected chi connectivity index (χ4v) is 4.59. The molecule has 2 aromatic heterocycles. The summed E-state index contributed by atoms with van der Waals surface area (Å²) < 4.78 is 47.2. The predicted molar refractivity (Wildman–Crippen MR) is 133 cm³/mol. The SMILES string of the molecule is CN1CCC(Nc2cccc3c2cc(-c2nc(CNC(=O)c4ccccc4)no2)n3CC(F)(F)F)CC1. The first-order valence-corrected chi connectivity index (χ1v) is 12.1. The van der Waals surface area contributed by atoms with Crippen molar-refractivity contribution < 1.29 is 22.5 Å². The van der Waals surface area contributed by atoms with Gasteiger partial charge in [-0.2, -0.15) is 18.2 Å². The number of alkyl halides is 3. The Hall–Kier alpha value is -3.86. The zero-order valence-corrected chi connectivity index (χ0v) is 20.3. The van der Waals surface area contributed by atoms with Crippen LogP contribution >= 0.6 is 0 Å². The number of amides is 1. The van der Waals surface area contributed by atoms with Gasteiger partial charge in [-0.25, -0.2) is 0 Å². The summed E-state index contributed by atoms with van der Waals surface area (Å²) in [6.07, 6.45) is -2.56. The van der Waals surface area contributed by atoms with Crippen molar-refractivity contribution >= 4 is 22.5 Å². The lowest BCUT2D eigenvalue weighted by Crippen LogP contribution is -2.36. The number of anilines is 1. The summed E-state index contributed by atoms with van der Waals surface area (Å²) >= 11 is 0. The second-order valence-electron chi connectivity index (χ2n) is 9.26. The third-order valence-electron chi connectivity index (χ3n) is 6.49. The third-order valence-corrected chi connectivity index (χ3v) is 6.49. The lowest BCUT2D eigenvalue weighted by Gasteiger charge is -2.30. The number of carbonyl (C=O) groups is 1. The van der Waals surface area contributed by atoms with Crippen molar-refractivity contribution in [2.75, 3.05) is 25.5 Å². The van der Waals surface area contributed by atoms with E-state index in [1.54, 1.807) is 48.5 Å². The average molecular weight is 513 g/mol. The molecule has 2 aromatic carbocycles. The van der Waals surface area contributed by atoms with Crippen LogP contribution in [0, 0.1) is 0 Å². The van der Waals surface area contributed by atoms with Crippen LogP contribution in [-0.4, -0.2) is 57.9 Å². The number of nitrogens with one attached hydrogen (secondary N) is 2. The number of carbonyl (C=O) groups excluding carboxylic acids is 1. The third kappa shape index (κ3) is 5.77. The van der Waals surface area contributed by atoms with Crippen LogP contribution in [0.5, 0.6) is 0 Å². The molecule has 5 rings (SSSR count). The van der Waals surface area contributed by atoms with Crippen molar-refractivity contribution in [1.82, 2.24) is 24.9 Å². The van der Waals surface area contributed by atoms with E-state index in [9.17, 15) is 18.0 Å². The Morgan fingerprint density at radius 1 is 1.11 bits per heavy atom. The van der Waals surface area contributed by atoms with Gasteiger partial charge in [-0.05, 0) is 63.3 Å². The van der Waals surface area contributed by atoms with Gasteiger partial charge in [0.15, 0.2) is 5.82 Å². The number of halogens is 3. The fraction of sp³-hybridized carbons (Fsp3) is 0.346. The van der Waals surface area contributed by atoms with Crippen LogP contribution in [0.25, 0.3) is 22.5 Å². The van der Waals surface area contributed by atoms with E-state index in [-0.39, 0.29) is 35.9 Å². The lowest BCUT2D eigenvalue weighted by molar-refractivity contribution is -0.139. The second kappa shape index (κ2) is 10.3. The molecular formula is C26H27F3N6O2. The van der Waals surface area contributed by atoms with E-state index in [0.717, 1.165) is 36.2 Å². The van der Waals surface area contributed by atoms with E-state index in [1.807, 2.05) is 6.07 Å². The number of rotatable bonds is 7. The predicted octanol–water partition coefficient (Wildman–Crippen LogP) is 4.69. The number of hydrogen-bond acceptors (Lipinski definition) is 6. The number of benzene rings is 2. The number of piperidine rings is 1. The van der Waals surface area contributed by atoms with E-state index in [0.29, 0.717) is 16.5 Å². The maximum Gasteiger partial charge on any atom is 0.406 e. The van der Waals surface area contributed by atoms with Crippen LogP contribution in [-0.2, 0) is 13.1 Å². The lowest BCUT2D eigenvalue weighted by atomic mass is 10.0. The van der Waals surface area contributed by atoms with Gasteiger partial charge >= 0.3 is 6.18 Å². The van der Waals surface area contributed by atoms with Crippen molar-refractivity contribution in [3.05, 3.63) is 66.0 Å². The van der Waals surface area contributed by atoms with Gasteiger partial charge in [0.2, 0.25) is 0 Å². The Bertz CT molecular complexity index is 1370. The second-order valence-corrected chi connectivity index (χ2v) is 9.26. The minimum Gasteiger partial charge on any atom is -0.382 e. The first-order valence-electron chi connectivity index (χ1n) is 12.1. The molecule has 1 aliphatic heterocycles. The molecule has 2 N–H and O–H groups in total. The largest absolute Gasteiger partial charge is 0.406 e. The first-order chi connectivity index (χ1) is 17.8. The Morgan fingerprint density at radius 3 is 2.59 bits per heavy atom. The zero-order valence-electron chi connectivity index (χ0n) is 20.3. The van der Waals surface area contributed by atoms with Gasteiger partial charge in [-0.1, -0.05) is 29.4 Å². The van der Waals surface area contributed by atoms with E-state index < -0.39 is 12.7 Å². The molecule has 0 aliphatic carbocycles. The summed E-state index contributed by atoms with van der Waals surface area (Å²) in [4.78, 5) is 18.8. The Labute approximate surface area is 211 Å². The molecule has 0 spiro atoms. The van der Waals surface area contributed by atoms with Crippen molar-refractivity contribution in [2.45, 2.75) is 38.1 Å². The Balaban J connectivity index is 1.42. The van der Waals surface area contributed by atoms with Gasteiger partial charge in [0.25, 0.3) is 11.8 Å². The molecule has 194 valence electrons.